The van der Waals surface area contributed by atoms with Crippen LogP contribution in [0.15, 0.2) is 54.6 Å². The molecule has 3 amide bonds. The van der Waals surface area contributed by atoms with Crippen LogP contribution in [0.25, 0.3) is 0 Å². The van der Waals surface area contributed by atoms with Crippen LogP contribution in [-0.2, 0) is 20.9 Å². The Morgan fingerprint density at radius 3 is 2.46 bits per heavy atom. The zero-order valence-corrected chi connectivity index (χ0v) is 14.4. The fourth-order valence-corrected chi connectivity index (χ4v) is 2.02. The van der Waals surface area contributed by atoms with Crippen LogP contribution in [-0.4, -0.2) is 31.1 Å². The van der Waals surface area contributed by atoms with Crippen molar-refractivity contribution in [3.8, 4) is 5.75 Å². The SMILES string of the molecule is Cc1cccc(OCC(=O)OCC(=O)NC(=O)NCc2ccccc2)c1. The van der Waals surface area contributed by atoms with Crippen LogP contribution >= 0.6 is 0 Å². The molecule has 26 heavy (non-hydrogen) atoms. The fraction of sp³-hybridized carbons (Fsp3) is 0.211. The van der Waals surface area contributed by atoms with Crippen LogP contribution in [0.2, 0.25) is 0 Å². The predicted octanol–water partition coefficient (Wildman–Crippen LogP) is 1.94. The molecule has 0 saturated carbocycles. The molecule has 0 fully saturated rings. The minimum absolute atomic E-state index is 0.282. The molecule has 0 aliphatic heterocycles. The van der Waals surface area contributed by atoms with Crippen molar-refractivity contribution in [2.75, 3.05) is 13.2 Å². The normalized spacial score (nSPS) is 9.88. The number of esters is 1. The molecule has 0 saturated heterocycles. The van der Waals surface area contributed by atoms with Gasteiger partial charge in [0.2, 0.25) is 0 Å². The molecular formula is C19H20N2O5. The summed E-state index contributed by atoms with van der Waals surface area (Å²) in [7, 11) is 0. The smallest absolute Gasteiger partial charge is 0.344 e. The van der Waals surface area contributed by atoms with E-state index in [-0.39, 0.29) is 13.2 Å². The number of hydrogen-bond donors (Lipinski definition) is 2. The lowest BCUT2D eigenvalue weighted by molar-refractivity contribution is -0.150. The average Bonchev–Trinajstić information content (AvgIpc) is 2.64. The Balaban J connectivity index is 1.62. The first kappa shape index (κ1) is 19.0. The number of benzene rings is 2. The number of imide groups is 1. The van der Waals surface area contributed by atoms with Gasteiger partial charge in [0.1, 0.15) is 5.75 Å². The van der Waals surface area contributed by atoms with Gasteiger partial charge >= 0.3 is 12.0 Å². The molecule has 2 rings (SSSR count). The van der Waals surface area contributed by atoms with Gasteiger partial charge in [-0.2, -0.15) is 0 Å². The molecule has 0 heterocycles. The van der Waals surface area contributed by atoms with Crippen molar-refractivity contribution in [1.82, 2.24) is 10.6 Å². The van der Waals surface area contributed by atoms with Crippen molar-refractivity contribution in [2.24, 2.45) is 0 Å². The third kappa shape index (κ3) is 7.04. The minimum Gasteiger partial charge on any atom is -0.482 e. The Bertz CT molecular complexity index is 762. The molecule has 0 aliphatic carbocycles. The second-order valence-electron chi connectivity index (χ2n) is 5.48. The molecular weight excluding hydrogens is 336 g/mol. The van der Waals surface area contributed by atoms with E-state index in [9.17, 15) is 14.4 Å². The third-order valence-electron chi connectivity index (χ3n) is 3.26. The van der Waals surface area contributed by atoms with E-state index in [2.05, 4.69) is 10.6 Å². The molecule has 7 nitrogen and oxygen atoms in total. The maximum absolute atomic E-state index is 11.6. The summed E-state index contributed by atoms with van der Waals surface area (Å²) in [6, 6.07) is 15.8. The van der Waals surface area contributed by atoms with Gasteiger partial charge in [0, 0.05) is 6.54 Å². The summed E-state index contributed by atoms with van der Waals surface area (Å²) < 4.78 is 10.0. The van der Waals surface area contributed by atoms with Gasteiger partial charge in [-0.05, 0) is 30.2 Å². The number of carbonyl (C=O) groups excluding carboxylic acids is 3. The lowest BCUT2D eigenvalue weighted by Gasteiger charge is -2.08. The summed E-state index contributed by atoms with van der Waals surface area (Å²) in [6.45, 7) is 1.30. The molecule has 0 aliphatic rings. The van der Waals surface area contributed by atoms with Crippen LogP contribution in [0.3, 0.4) is 0 Å². The first-order valence-electron chi connectivity index (χ1n) is 7.99. The van der Waals surface area contributed by atoms with E-state index in [0.717, 1.165) is 11.1 Å². The second-order valence-corrected chi connectivity index (χ2v) is 5.48. The van der Waals surface area contributed by atoms with Crippen molar-refractivity contribution >= 4 is 17.9 Å². The summed E-state index contributed by atoms with van der Waals surface area (Å²) in [5.41, 5.74) is 1.89. The molecule has 0 radical (unpaired) electrons. The van der Waals surface area contributed by atoms with Crippen LogP contribution in [0.4, 0.5) is 4.79 Å². The molecule has 0 aromatic heterocycles. The molecule has 2 aromatic carbocycles. The number of urea groups is 1. The lowest BCUT2D eigenvalue weighted by atomic mass is 10.2. The van der Waals surface area contributed by atoms with Crippen LogP contribution in [0, 0.1) is 6.92 Å². The number of ether oxygens (including phenoxy) is 2. The average molecular weight is 356 g/mol. The molecule has 2 N–H and O–H groups in total. The van der Waals surface area contributed by atoms with Crippen molar-refractivity contribution in [1.29, 1.82) is 0 Å². The van der Waals surface area contributed by atoms with Crippen molar-refractivity contribution < 1.29 is 23.9 Å². The minimum atomic E-state index is -0.723. The van der Waals surface area contributed by atoms with E-state index in [4.69, 9.17) is 9.47 Å². The summed E-state index contributed by atoms with van der Waals surface area (Å²) in [6.07, 6.45) is 0. The maximum Gasteiger partial charge on any atom is 0.344 e. The van der Waals surface area contributed by atoms with Gasteiger partial charge in [0.15, 0.2) is 13.2 Å². The number of rotatable bonds is 7. The van der Waals surface area contributed by atoms with Crippen molar-refractivity contribution in [2.45, 2.75) is 13.5 Å². The summed E-state index contributed by atoms with van der Waals surface area (Å²) >= 11 is 0. The monoisotopic (exact) mass is 356 g/mol. The van der Waals surface area contributed by atoms with Gasteiger partial charge in [0.05, 0.1) is 0 Å². The van der Waals surface area contributed by atoms with Gasteiger partial charge in [0.25, 0.3) is 5.91 Å². The Kier molecular flexibility index (Phi) is 7.17. The third-order valence-corrected chi connectivity index (χ3v) is 3.26. The van der Waals surface area contributed by atoms with E-state index in [1.54, 1.807) is 18.2 Å². The lowest BCUT2D eigenvalue weighted by Crippen LogP contribution is -2.41. The van der Waals surface area contributed by atoms with E-state index >= 15 is 0 Å². The molecule has 2 aromatic rings. The molecule has 0 atom stereocenters. The number of nitrogens with one attached hydrogen (secondary N) is 2. The second kappa shape index (κ2) is 9.83. The van der Waals surface area contributed by atoms with Crippen LogP contribution in [0.1, 0.15) is 11.1 Å². The zero-order valence-electron chi connectivity index (χ0n) is 14.4. The van der Waals surface area contributed by atoms with E-state index in [1.165, 1.54) is 0 Å². The van der Waals surface area contributed by atoms with Crippen molar-refractivity contribution in [3.63, 3.8) is 0 Å². The highest BCUT2D eigenvalue weighted by Crippen LogP contribution is 2.12. The molecule has 0 bridgehead atoms. The molecule has 136 valence electrons. The first-order chi connectivity index (χ1) is 12.5. The maximum atomic E-state index is 11.6. The van der Waals surface area contributed by atoms with Crippen LogP contribution in [0.5, 0.6) is 5.75 Å². The molecule has 7 heteroatoms. The van der Waals surface area contributed by atoms with Gasteiger partial charge in [-0.15, -0.1) is 0 Å². The van der Waals surface area contributed by atoms with Gasteiger partial charge in [-0.25, -0.2) is 9.59 Å². The first-order valence-corrected chi connectivity index (χ1v) is 7.99. The Labute approximate surface area is 151 Å². The number of aryl methyl sites for hydroxylation is 1. The van der Waals surface area contributed by atoms with Gasteiger partial charge in [-0.1, -0.05) is 42.5 Å². The molecule has 0 unspecified atom stereocenters. The topological polar surface area (TPSA) is 93.7 Å². The zero-order chi connectivity index (χ0) is 18.8. The van der Waals surface area contributed by atoms with E-state index in [0.29, 0.717) is 5.75 Å². The van der Waals surface area contributed by atoms with E-state index < -0.39 is 24.5 Å². The van der Waals surface area contributed by atoms with Crippen LogP contribution < -0.4 is 15.4 Å². The number of hydrogen-bond acceptors (Lipinski definition) is 5. The predicted molar refractivity (Wildman–Crippen MR) is 94.5 cm³/mol. The van der Waals surface area contributed by atoms with Gasteiger partial charge in [-0.3, -0.25) is 10.1 Å². The summed E-state index contributed by atoms with van der Waals surface area (Å²) in [5, 5.41) is 4.61. The number of carbonyl (C=O) groups is 3. The Hall–Kier alpha value is -3.35. The number of amides is 3. The van der Waals surface area contributed by atoms with Crippen molar-refractivity contribution in [3.05, 3.63) is 65.7 Å². The summed E-state index contributed by atoms with van der Waals surface area (Å²) in [4.78, 5) is 34.8. The summed E-state index contributed by atoms with van der Waals surface area (Å²) in [5.74, 6) is -0.891. The highest BCUT2D eigenvalue weighted by molar-refractivity contribution is 5.95. The fourth-order valence-electron chi connectivity index (χ4n) is 2.02. The largest absolute Gasteiger partial charge is 0.482 e. The highest BCUT2D eigenvalue weighted by Gasteiger charge is 2.11. The Morgan fingerprint density at radius 2 is 1.73 bits per heavy atom. The Morgan fingerprint density at radius 1 is 0.962 bits per heavy atom. The highest BCUT2D eigenvalue weighted by atomic mass is 16.6. The van der Waals surface area contributed by atoms with Gasteiger partial charge < -0.3 is 14.8 Å². The quantitative estimate of drug-likeness (QED) is 0.740. The molecule has 0 spiro atoms. The van der Waals surface area contributed by atoms with E-state index in [1.807, 2.05) is 43.3 Å². The standard InChI is InChI=1S/C19H20N2O5/c1-14-6-5-9-16(10-14)25-13-18(23)26-12-17(22)21-19(24)20-11-15-7-3-2-4-8-15/h2-10H,11-13H2,1H3,(H2,20,21,22,24).